The lowest BCUT2D eigenvalue weighted by Gasteiger charge is -2.26. The van der Waals surface area contributed by atoms with Gasteiger partial charge in [0.1, 0.15) is 23.3 Å². The summed E-state index contributed by atoms with van der Waals surface area (Å²) in [6.07, 6.45) is 1.76. The second kappa shape index (κ2) is 12.0. The molecule has 8 nitrogen and oxygen atoms in total. The quantitative estimate of drug-likeness (QED) is 0.314. The van der Waals surface area contributed by atoms with Crippen LogP contribution in [0.4, 0.5) is 5.69 Å². The number of allylic oxidation sites excluding steroid dienone is 1. The zero-order valence-corrected chi connectivity index (χ0v) is 24.5. The fourth-order valence-electron chi connectivity index (χ4n) is 4.70. The first-order valence-corrected chi connectivity index (χ1v) is 14.1. The molecule has 1 amide bonds. The predicted octanol–water partition coefficient (Wildman–Crippen LogP) is 4.94. The molecule has 1 aliphatic heterocycles. The maximum absolute atomic E-state index is 14.0. The van der Waals surface area contributed by atoms with Crippen molar-refractivity contribution in [2.75, 3.05) is 26.1 Å². The van der Waals surface area contributed by atoms with E-state index < -0.39 is 6.04 Å². The zero-order chi connectivity index (χ0) is 29.1. The maximum Gasteiger partial charge on any atom is 0.271 e. The highest BCUT2D eigenvalue weighted by Crippen LogP contribution is 2.37. The first kappa shape index (κ1) is 28.2. The van der Waals surface area contributed by atoms with Crippen LogP contribution in [-0.4, -0.2) is 31.3 Å². The summed E-state index contributed by atoms with van der Waals surface area (Å²) in [5.41, 5.74) is 2.53. The normalized spacial score (nSPS) is 14.8. The van der Waals surface area contributed by atoms with Crippen molar-refractivity contribution < 1.29 is 19.0 Å². The Hall–Kier alpha value is -4.34. The minimum atomic E-state index is -0.804. The van der Waals surface area contributed by atoms with Crippen LogP contribution < -0.4 is 34.4 Å². The second-order valence-corrected chi connectivity index (χ2v) is 10.5. The first-order chi connectivity index (χ1) is 19.8. The van der Waals surface area contributed by atoms with Crippen molar-refractivity contribution in [1.29, 1.82) is 0 Å². The van der Waals surface area contributed by atoms with Crippen molar-refractivity contribution in [3.8, 4) is 17.2 Å². The summed E-state index contributed by atoms with van der Waals surface area (Å²) in [6.45, 7) is 4.15. The third-order valence-electron chi connectivity index (χ3n) is 6.59. The van der Waals surface area contributed by atoms with Gasteiger partial charge in [0.05, 0.1) is 41.7 Å². The molecule has 0 saturated carbocycles. The molecule has 1 aromatic heterocycles. The number of ether oxygens (including phenoxy) is 3. The summed E-state index contributed by atoms with van der Waals surface area (Å²) in [7, 11) is 3.10. The Balaban J connectivity index is 1.69. The highest BCUT2D eigenvalue weighted by molar-refractivity contribution is 7.07. The summed E-state index contributed by atoms with van der Waals surface area (Å²) in [5.74, 6) is 1.26. The van der Waals surface area contributed by atoms with Gasteiger partial charge in [-0.1, -0.05) is 47.2 Å². The number of anilines is 1. The van der Waals surface area contributed by atoms with Gasteiger partial charge in [-0.3, -0.25) is 14.2 Å². The van der Waals surface area contributed by atoms with Gasteiger partial charge in [-0.05, 0) is 61.9 Å². The maximum atomic E-state index is 14.0. The lowest BCUT2D eigenvalue weighted by Crippen LogP contribution is -2.40. The smallest absolute Gasteiger partial charge is 0.271 e. The molecule has 5 rings (SSSR count). The fourth-order valence-corrected chi connectivity index (χ4v) is 5.99. The minimum absolute atomic E-state index is 0.292. The average molecular weight is 590 g/mol. The molecule has 1 atom stereocenters. The number of carbonyl (C=O) groups is 1. The molecular formula is C31H28ClN3O5S. The van der Waals surface area contributed by atoms with E-state index in [1.54, 1.807) is 67.1 Å². The monoisotopic (exact) mass is 589 g/mol. The number of hydrogen-bond donors (Lipinski definition) is 1. The van der Waals surface area contributed by atoms with E-state index in [9.17, 15) is 9.59 Å². The number of nitrogens with one attached hydrogen (secondary N) is 1. The Morgan fingerprint density at radius 1 is 1.07 bits per heavy atom. The van der Waals surface area contributed by atoms with Crippen molar-refractivity contribution in [3.05, 3.63) is 114 Å². The Kier molecular flexibility index (Phi) is 8.28. The molecule has 4 aromatic rings. The van der Waals surface area contributed by atoms with Gasteiger partial charge in [0, 0.05) is 17.3 Å². The van der Waals surface area contributed by atoms with E-state index >= 15 is 0 Å². The van der Waals surface area contributed by atoms with E-state index in [1.807, 2.05) is 31.2 Å². The zero-order valence-electron chi connectivity index (χ0n) is 22.9. The van der Waals surface area contributed by atoms with Crippen LogP contribution in [0.15, 0.2) is 87.8 Å². The molecule has 10 heteroatoms. The summed E-state index contributed by atoms with van der Waals surface area (Å²) < 4.78 is 18.6. The van der Waals surface area contributed by atoms with Crippen LogP contribution in [0.25, 0.3) is 6.08 Å². The topological polar surface area (TPSA) is 91.1 Å². The number of rotatable bonds is 8. The van der Waals surface area contributed by atoms with Gasteiger partial charge in [-0.25, -0.2) is 4.99 Å². The van der Waals surface area contributed by atoms with Gasteiger partial charge < -0.3 is 19.5 Å². The van der Waals surface area contributed by atoms with Crippen LogP contribution in [0.3, 0.4) is 0 Å². The number of amides is 1. The van der Waals surface area contributed by atoms with Crippen molar-refractivity contribution in [3.63, 3.8) is 0 Å². The average Bonchev–Trinajstić information content (AvgIpc) is 3.27. The van der Waals surface area contributed by atoms with Gasteiger partial charge in [0.15, 0.2) is 4.80 Å². The Bertz CT molecular complexity index is 1830. The molecule has 0 unspecified atom stereocenters. The van der Waals surface area contributed by atoms with Crippen molar-refractivity contribution in [2.45, 2.75) is 19.9 Å². The fraction of sp³-hybridized carbons (Fsp3) is 0.194. The standard InChI is InChI=1S/C31H28ClN3O5S/c1-5-40-24-14-11-19(15-23(24)32)16-26-30(37)35-28(22-13-12-21(38-3)17-25(22)39-4)27(18(2)33-31(35)41-26)29(36)34-20-9-7-6-8-10-20/h6-17,28H,5H2,1-4H3,(H,34,36)/b26-16+/t28-/m0/s1. The largest absolute Gasteiger partial charge is 0.497 e. The van der Waals surface area contributed by atoms with Gasteiger partial charge in [0.25, 0.3) is 11.5 Å². The number of aromatic nitrogens is 1. The Labute approximate surface area is 245 Å². The second-order valence-electron chi connectivity index (χ2n) is 9.13. The minimum Gasteiger partial charge on any atom is -0.497 e. The number of benzene rings is 3. The predicted molar refractivity (Wildman–Crippen MR) is 161 cm³/mol. The molecule has 2 heterocycles. The Morgan fingerprint density at radius 2 is 1.85 bits per heavy atom. The van der Waals surface area contributed by atoms with E-state index in [4.69, 9.17) is 30.8 Å². The van der Waals surface area contributed by atoms with E-state index in [1.165, 1.54) is 18.4 Å². The number of para-hydroxylation sites is 1. The van der Waals surface area contributed by atoms with Crippen LogP contribution in [0.5, 0.6) is 17.2 Å². The third-order valence-corrected chi connectivity index (χ3v) is 7.87. The van der Waals surface area contributed by atoms with Gasteiger partial charge >= 0.3 is 0 Å². The number of nitrogens with zero attached hydrogens (tertiary/aromatic N) is 2. The SMILES string of the molecule is CCOc1ccc(/C=c2/sc3n(c2=O)[C@@H](c2ccc(OC)cc2OC)C(C(=O)Nc2ccccc2)=C(C)N=3)cc1Cl. The molecule has 41 heavy (non-hydrogen) atoms. The van der Waals surface area contributed by atoms with Crippen LogP contribution in [-0.2, 0) is 4.79 Å². The summed E-state index contributed by atoms with van der Waals surface area (Å²) in [6, 6.07) is 19.0. The lowest BCUT2D eigenvalue weighted by atomic mass is 9.94. The van der Waals surface area contributed by atoms with E-state index in [2.05, 4.69) is 5.32 Å². The van der Waals surface area contributed by atoms with Crippen LogP contribution in [0, 0.1) is 0 Å². The number of carbonyl (C=O) groups excluding carboxylic acids is 1. The molecule has 0 aliphatic carbocycles. The molecule has 0 fully saturated rings. The van der Waals surface area contributed by atoms with E-state index in [0.29, 0.717) is 60.7 Å². The lowest BCUT2D eigenvalue weighted by molar-refractivity contribution is -0.113. The highest BCUT2D eigenvalue weighted by atomic mass is 35.5. The molecule has 0 spiro atoms. The third kappa shape index (κ3) is 5.64. The Morgan fingerprint density at radius 3 is 2.54 bits per heavy atom. The molecule has 1 N–H and O–H groups in total. The number of hydrogen-bond acceptors (Lipinski definition) is 7. The number of thiazole rings is 1. The van der Waals surface area contributed by atoms with Gasteiger partial charge in [0.2, 0.25) is 0 Å². The number of halogens is 1. The van der Waals surface area contributed by atoms with E-state index in [-0.39, 0.29) is 11.5 Å². The molecule has 0 saturated heterocycles. The summed E-state index contributed by atoms with van der Waals surface area (Å²) in [4.78, 5) is 33.0. The van der Waals surface area contributed by atoms with Crippen LogP contribution in [0.1, 0.15) is 31.0 Å². The molecule has 0 radical (unpaired) electrons. The number of fused-ring (bicyclic) bond motifs is 1. The first-order valence-electron chi connectivity index (χ1n) is 12.9. The van der Waals surface area contributed by atoms with Crippen LogP contribution >= 0.6 is 22.9 Å². The van der Waals surface area contributed by atoms with Crippen molar-refractivity contribution >= 4 is 40.6 Å². The molecule has 3 aromatic carbocycles. The molecule has 210 valence electrons. The molecule has 1 aliphatic rings. The van der Waals surface area contributed by atoms with Crippen molar-refractivity contribution in [1.82, 2.24) is 4.57 Å². The van der Waals surface area contributed by atoms with Crippen LogP contribution in [0.2, 0.25) is 5.02 Å². The summed E-state index contributed by atoms with van der Waals surface area (Å²) >= 11 is 7.64. The molecular weight excluding hydrogens is 562 g/mol. The highest BCUT2D eigenvalue weighted by Gasteiger charge is 2.34. The summed E-state index contributed by atoms with van der Waals surface area (Å²) in [5, 5.41) is 3.40. The number of methoxy groups -OCH3 is 2. The van der Waals surface area contributed by atoms with Gasteiger partial charge in [-0.15, -0.1) is 0 Å². The van der Waals surface area contributed by atoms with E-state index in [0.717, 1.165) is 5.56 Å². The molecule has 0 bridgehead atoms. The van der Waals surface area contributed by atoms with Crippen molar-refractivity contribution in [2.24, 2.45) is 4.99 Å². The van der Waals surface area contributed by atoms with Gasteiger partial charge in [-0.2, -0.15) is 0 Å².